The van der Waals surface area contributed by atoms with Gasteiger partial charge in [0.15, 0.2) is 0 Å². The third-order valence-corrected chi connectivity index (χ3v) is 5.02. The molecular weight excluding hydrogens is 214 g/mol. The van der Waals surface area contributed by atoms with E-state index < -0.39 is 10.8 Å². The Hall–Kier alpha value is -0.190. The summed E-state index contributed by atoms with van der Waals surface area (Å²) in [5.74, 6) is 1.59. The van der Waals surface area contributed by atoms with E-state index >= 15 is 0 Å². The van der Waals surface area contributed by atoms with Crippen molar-refractivity contribution in [2.24, 2.45) is 0 Å². The molecule has 1 aliphatic heterocycles. The Balaban J connectivity index is 2.09. The number of hydrogen-bond donors (Lipinski definition) is 1. The number of hydrogen-bond acceptors (Lipinski definition) is 3. The van der Waals surface area contributed by atoms with Crippen molar-refractivity contribution < 1.29 is 4.21 Å². The van der Waals surface area contributed by atoms with Crippen LogP contribution in [0.4, 0.5) is 0 Å². The van der Waals surface area contributed by atoms with Crippen LogP contribution in [0.5, 0.6) is 0 Å². The van der Waals surface area contributed by atoms with Crippen molar-refractivity contribution in [2.45, 2.75) is 25.4 Å². The van der Waals surface area contributed by atoms with Gasteiger partial charge in [0.05, 0.1) is 6.04 Å². The van der Waals surface area contributed by atoms with E-state index in [-0.39, 0.29) is 0 Å². The maximum Gasteiger partial charge on any atom is 0.0534 e. The van der Waals surface area contributed by atoms with Gasteiger partial charge in [-0.05, 0) is 17.9 Å². The molecule has 1 fully saturated rings. The van der Waals surface area contributed by atoms with Gasteiger partial charge < -0.3 is 5.32 Å². The van der Waals surface area contributed by atoms with Gasteiger partial charge in [-0.2, -0.15) is 0 Å². The zero-order valence-corrected chi connectivity index (χ0v) is 9.87. The van der Waals surface area contributed by atoms with E-state index in [0.717, 1.165) is 17.9 Å². The monoisotopic (exact) mass is 229 g/mol. The van der Waals surface area contributed by atoms with Gasteiger partial charge in [0.1, 0.15) is 0 Å². The SMILES string of the molecule is CCC1CS(=O)CC(c2cccs2)N1. The summed E-state index contributed by atoms with van der Waals surface area (Å²) in [7, 11) is -0.641. The van der Waals surface area contributed by atoms with Crippen molar-refractivity contribution in [3.63, 3.8) is 0 Å². The summed E-state index contributed by atoms with van der Waals surface area (Å²) in [6, 6.07) is 4.92. The molecule has 0 radical (unpaired) electrons. The Morgan fingerprint density at radius 3 is 3.14 bits per heavy atom. The Morgan fingerprint density at radius 1 is 1.64 bits per heavy atom. The molecule has 2 nitrogen and oxygen atoms in total. The molecular formula is C10H15NOS2. The lowest BCUT2D eigenvalue weighted by Crippen LogP contribution is -2.44. The van der Waals surface area contributed by atoms with Gasteiger partial charge >= 0.3 is 0 Å². The van der Waals surface area contributed by atoms with Crippen molar-refractivity contribution in [3.8, 4) is 0 Å². The maximum atomic E-state index is 11.6. The standard InChI is InChI=1S/C10H15NOS2/c1-2-8-6-14(12)7-9(11-8)10-4-3-5-13-10/h3-5,8-9,11H,2,6-7H2,1H3. The van der Waals surface area contributed by atoms with Gasteiger partial charge in [-0.1, -0.05) is 13.0 Å². The van der Waals surface area contributed by atoms with Crippen LogP contribution >= 0.6 is 11.3 Å². The van der Waals surface area contributed by atoms with E-state index in [1.165, 1.54) is 4.88 Å². The Labute approximate surface area is 91.2 Å². The van der Waals surface area contributed by atoms with Gasteiger partial charge in [0, 0.05) is 33.2 Å². The molecule has 2 heterocycles. The first kappa shape index (κ1) is 10.3. The molecule has 3 unspecified atom stereocenters. The Kier molecular flexibility index (Phi) is 3.36. The van der Waals surface area contributed by atoms with Gasteiger partial charge in [-0.3, -0.25) is 4.21 Å². The summed E-state index contributed by atoms with van der Waals surface area (Å²) in [4.78, 5) is 1.32. The summed E-state index contributed by atoms with van der Waals surface area (Å²) in [6.07, 6.45) is 1.06. The molecule has 0 aromatic carbocycles. The second-order valence-corrected chi connectivity index (χ2v) is 6.14. The fourth-order valence-electron chi connectivity index (χ4n) is 1.75. The first-order valence-electron chi connectivity index (χ1n) is 4.94. The van der Waals surface area contributed by atoms with Crippen molar-refractivity contribution in [3.05, 3.63) is 22.4 Å². The second-order valence-electron chi connectivity index (χ2n) is 3.61. The zero-order chi connectivity index (χ0) is 9.97. The second kappa shape index (κ2) is 4.55. The van der Waals surface area contributed by atoms with E-state index in [2.05, 4.69) is 29.8 Å². The van der Waals surface area contributed by atoms with Crippen molar-refractivity contribution in [1.82, 2.24) is 5.32 Å². The van der Waals surface area contributed by atoms with Crippen LogP contribution in [0.1, 0.15) is 24.3 Å². The molecule has 1 aromatic heterocycles. The van der Waals surface area contributed by atoms with E-state index in [1.54, 1.807) is 11.3 Å². The fraction of sp³-hybridized carbons (Fsp3) is 0.600. The van der Waals surface area contributed by atoms with Crippen molar-refractivity contribution >= 4 is 22.1 Å². The number of thiophene rings is 1. The maximum absolute atomic E-state index is 11.6. The molecule has 1 saturated heterocycles. The summed E-state index contributed by atoms with van der Waals surface area (Å²) in [5.41, 5.74) is 0. The van der Waals surface area contributed by atoms with Crippen molar-refractivity contribution in [1.29, 1.82) is 0 Å². The largest absolute Gasteiger partial charge is 0.305 e. The third kappa shape index (κ3) is 2.24. The summed E-state index contributed by atoms with van der Waals surface area (Å²) in [5, 5.41) is 5.63. The van der Waals surface area contributed by atoms with Crippen LogP contribution in [0.3, 0.4) is 0 Å². The topological polar surface area (TPSA) is 29.1 Å². The molecule has 4 heteroatoms. The van der Waals surface area contributed by atoms with Crippen LogP contribution in [0.15, 0.2) is 17.5 Å². The minimum atomic E-state index is -0.641. The molecule has 0 spiro atoms. The predicted molar refractivity (Wildman–Crippen MR) is 62.2 cm³/mol. The first-order chi connectivity index (χ1) is 6.79. The predicted octanol–water partition coefficient (Wildman–Crippen LogP) is 1.92. The lowest BCUT2D eigenvalue weighted by molar-refractivity contribution is 0.460. The molecule has 2 rings (SSSR count). The highest BCUT2D eigenvalue weighted by molar-refractivity contribution is 7.85. The summed E-state index contributed by atoms with van der Waals surface area (Å²) in [6.45, 7) is 2.14. The molecule has 14 heavy (non-hydrogen) atoms. The number of nitrogens with one attached hydrogen (secondary N) is 1. The highest BCUT2D eigenvalue weighted by Crippen LogP contribution is 2.23. The molecule has 0 amide bonds. The van der Waals surface area contributed by atoms with Crippen LogP contribution in [0.25, 0.3) is 0 Å². The lowest BCUT2D eigenvalue weighted by Gasteiger charge is -2.29. The number of rotatable bonds is 2. The van der Waals surface area contributed by atoms with Crippen LogP contribution in [0.2, 0.25) is 0 Å². The van der Waals surface area contributed by atoms with E-state index in [9.17, 15) is 4.21 Å². The normalized spacial score (nSPS) is 33.1. The van der Waals surface area contributed by atoms with E-state index in [0.29, 0.717) is 12.1 Å². The molecule has 1 aliphatic rings. The zero-order valence-electron chi connectivity index (χ0n) is 8.23. The van der Waals surface area contributed by atoms with Gasteiger partial charge in [-0.15, -0.1) is 11.3 Å². The molecule has 78 valence electrons. The minimum absolute atomic E-state index is 0.314. The van der Waals surface area contributed by atoms with Gasteiger partial charge in [0.25, 0.3) is 0 Å². The Bertz CT molecular complexity index is 310. The van der Waals surface area contributed by atoms with E-state index in [1.807, 2.05) is 0 Å². The Morgan fingerprint density at radius 2 is 2.50 bits per heavy atom. The molecule has 0 bridgehead atoms. The fourth-order valence-corrected chi connectivity index (χ4v) is 4.21. The quantitative estimate of drug-likeness (QED) is 0.839. The van der Waals surface area contributed by atoms with Crippen LogP contribution in [-0.2, 0) is 10.8 Å². The average molecular weight is 229 g/mol. The van der Waals surface area contributed by atoms with Crippen LogP contribution < -0.4 is 5.32 Å². The molecule has 1 aromatic rings. The first-order valence-corrected chi connectivity index (χ1v) is 7.30. The van der Waals surface area contributed by atoms with Gasteiger partial charge in [0.2, 0.25) is 0 Å². The summed E-state index contributed by atoms with van der Waals surface area (Å²) >= 11 is 1.75. The minimum Gasteiger partial charge on any atom is -0.305 e. The molecule has 0 saturated carbocycles. The van der Waals surface area contributed by atoms with Crippen LogP contribution in [-0.4, -0.2) is 21.8 Å². The van der Waals surface area contributed by atoms with Crippen LogP contribution in [0, 0.1) is 0 Å². The highest BCUT2D eigenvalue weighted by atomic mass is 32.2. The van der Waals surface area contributed by atoms with Crippen molar-refractivity contribution in [2.75, 3.05) is 11.5 Å². The smallest absolute Gasteiger partial charge is 0.0534 e. The summed E-state index contributed by atoms with van der Waals surface area (Å²) < 4.78 is 11.6. The average Bonchev–Trinajstić information content (AvgIpc) is 2.69. The molecule has 3 atom stereocenters. The van der Waals surface area contributed by atoms with Gasteiger partial charge in [-0.25, -0.2) is 0 Å². The highest BCUT2D eigenvalue weighted by Gasteiger charge is 2.25. The molecule has 1 N–H and O–H groups in total. The lowest BCUT2D eigenvalue weighted by atomic mass is 10.2. The molecule has 0 aliphatic carbocycles. The third-order valence-electron chi connectivity index (χ3n) is 2.56. The van der Waals surface area contributed by atoms with E-state index in [4.69, 9.17) is 0 Å².